The highest BCUT2D eigenvalue weighted by Crippen LogP contribution is 2.19. The van der Waals surface area contributed by atoms with Crippen LogP contribution >= 0.6 is 0 Å². The predicted octanol–water partition coefficient (Wildman–Crippen LogP) is 3.49. The first-order valence-corrected chi connectivity index (χ1v) is 10.8. The second-order valence-corrected chi connectivity index (χ2v) is 8.31. The SMILES string of the molecule is CN(CCNC(=O)c1cccc(S(=O)(=O)Nc2ccccc2F)c1)c1ccccc1. The summed E-state index contributed by atoms with van der Waals surface area (Å²) in [6, 6.07) is 20.8. The number of anilines is 2. The van der Waals surface area contributed by atoms with Crippen molar-refractivity contribution in [3.63, 3.8) is 0 Å². The van der Waals surface area contributed by atoms with Gasteiger partial charge in [0.1, 0.15) is 5.82 Å². The molecule has 0 aliphatic carbocycles. The molecule has 8 heteroatoms. The van der Waals surface area contributed by atoms with E-state index in [0.717, 1.165) is 11.8 Å². The summed E-state index contributed by atoms with van der Waals surface area (Å²) < 4.78 is 41.1. The highest BCUT2D eigenvalue weighted by atomic mass is 32.2. The van der Waals surface area contributed by atoms with Gasteiger partial charge in [-0.25, -0.2) is 12.8 Å². The maximum atomic E-state index is 13.8. The summed E-state index contributed by atoms with van der Waals surface area (Å²) in [6.45, 7) is 0.970. The van der Waals surface area contributed by atoms with Gasteiger partial charge in [0, 0.05) is 31.4 Å². The minimum atomic E-state index is -4.04. The maximum Gasteiger partial charge on any atom is 0.262 e. The smallest absolute Gasteiger partial charge is 0.262 e. The quantitative estimate of drug-likeness (QED) is 0.577. The van der Waals surface area contributed by atoms with Crippen molar-refractivity contribution in [1.82, 2.24) is 5.32 Å². The van der Waals surface area contributed by atoms with Crippen LogP contribution in [0.3, 0.4) is 0 Å². The molecule has 156 valence electrons. The van der Waals surface area contributed by atoms with Gasteiger partial charge >= 0.3 is 0 Å². The van der Waals surface area contributed by atoms with Crippen molar-refractivity contribution in [3.05, 3.63) is 90.2 Å². The van der Waals surface area contributed by atoms with Crippen molar-refractivity contribution in [3.8, 4) is 0 Å². The molecule has 0 saturated heterocycles. The zero-order chi connectivity index (χ0) is 21.6. The van der Waals surface area contributed by atoms with E-state index in [2.05, 4.69) is 10.0 Å². The molecule has 0 aromatic heterocycles. The molecular formula is C22H22FN3O3S. The lowest BCUT2D eigenvalue weighted by Gasteiger charge is -2.19. The highest BCUT2D eigenvalue weighted by molar-refractivity contribution is 7.92. The van der Waals surface area contributed by atoms with Gasteiger partial charge in [0.15, 0.2) is 0 Å². The van der Waals surface area contributed by atoms with Gasteiger partial charge in [0.2, 0.25) is 0 Å². The Labute approximate surface area is 175 Å². The van der Waals surface area contributed by atoms with E-state index >= 15 is 0 Å². The molecule has 3 aromatic rings. The number of amides is 1. The standard InChI is InChI=1S/C22H22FN3O3S/c1-26(18-9-3-2-4-10-18)15-14-24-22(27)17-8-7-11-19(16-17)30(28,29)25-21-13-6-5-12-20(21)23/h2-13,16,25H,14-15H2,1H3,(H,24,27). The van der Waals surface area contributed by atoms with Crippen LogP contribution in [0.25, 0.3) is 0 Å². The number of para-hydroxylation sites is 2. The van der Waals surface area contributed by atoms with E-state index in [1.165, 1.54) is 42.5 Å². The van der Waals surface area contributed by atoms with Gasteiger partial charge in [-0.05, 0) is 42.5 Å². The molecule has 2 N–H and O–H groups in total. The second kappa shape index (κ2) is 9.41. The van der Waals surface area contributed by atoms with Gasteiger partial charge in [-0.3, -0.25) is 9.52 Å². The molecule has 3 aromatic carbocycles. The number of likely N-dealkylation sites (N-methyl/N-ethyl adjacent to an activating group) is 1. The number of sulfonamides is 1. The fourth-order valence-corrected chi connectivity index (χ4v) is 3.92. The molecular weight excluding hydrogens is 405 g/mol. The van der Waals surface area contributed by atoms with Crippen LogP contribution in [0, 0.1) is 5.82 Å². The minimum Gasteiger partial charge on any atom is -0.373 e. The van der Waals surface area contributed by atoms with E-state index < -0.39 is 15.8 Å². The van der Waals surface area contributed by atoms with Crippen molar-refractivity contribution in [2.75, 3.05) is 29.8 Å². The first-order chi connectivity index (χ1) is 14.4. The normalized spacial score (nSPS) is 11.0. The molecule has 0 bridgehead atoms. The van der Waals surface area contributed by atoms with E-state index in [1.807, 2.05) is 42.3 Å². The van der Waals surface area contributed by atoms with E-state index in [4.69, 9.17) is 0 Å². The molecule has 0 radical (unpaired) electrons. The van der Waals surface area contributed by atoms with Gasteiger partial charge < -0.3 is 10.2 Å². The molecule has 0 spiro atoms. The minimum absolute atomic E-state index is 0.125. The van der Waals surface area contributed by atoms with Crippen LogP contribution in [0.2, 0.25) is 0 Å². The van der Waals surface area contributed by atoms with Crippen molar-refractivity contribution >= 4 is 27.3 Å². The van der Waals surface area contributed by atoms with E-state index in [0.29, 0.717) is 13.1 Å². The number of nitrogens with one attached hydrogen (secondary N) is 2. The maximum absolute atomic E-state index is 13.8. The Hall–Kier alpha value is -3.39. The summed E-state index contributed by atoms with van der Waals surface area (Å²) in [4.78, 5) is 14.3. The summed E-state index contributed by atoms with van der Waals surface area (Å²) >= 11 is 0. The molecule has 0 atom stereocenters. The van der Waals surface area contributed by atoms with Crippen LogP contribution in [0.4, 0.5) is 15.8 Å². The Morgan fingerprint density at radius 2 is 1.67 bits per heavy atom. The topological polar surface area (TPSA) is 78.5 Å². The molecule has 0 aliphatic heterocycles. The number of halogens is 1. The average Bonchev–Trinajstić information content (AvgIpc) is 2.76. The molecule has 1 amide bonds. The summed E-state index contributed by atoms with van der Waals surface area (Å²) in [5.74, 6) is -1.07. The third-order valence-electron chi connectivity index (χ3n) is 4.45. The predicted molar refractivity (Wildman–Crippen MR) is 116 cm³/mol. The van der Waals surface area contributed by atoms with Crippen LogP contribution in [0.5, 0.6) is 0 Å². The molecule has 0 unspecified atom stereocenters. The number of benzene rings is 3. The summed E-state index contributed by atoms with van der Waals surface area (Å²) in [7, 11) is -2.12. The molecule has 30 heavy (non-hydrogen) atoms. The van der Waals surface area contributed by atoms with Gasteiger partial charge in [0.05, 0.1) is 10.6 Å². The number of nitrogens with zero attached hydrogens (tertiary/aromatic N) is 1. The first-order valence-electron chi connectivity index (χ1n) is 9.28. The highest BCUT2D eigenvalue weighted by Gasteiger charge is 2.18. The molecule has 0 saturated carbocycles. The average molecular weight is 428 g/mol. The molecule has 3 rings (SSSR count). The van der Waals surface area contributed by atoms with Crippen molar-refractivity contribution in [2.24, 2.45) is 0 Å². The Bertz CT molecular complexity index is 1120. The van der Waals surface area contributed by atoms with Gasteiger partial charge in [-0.2, -0.15) is 0 Å². The van der Waals surface area contributed by atoms with Crippen molar-refractivity contribution < 1.29 is 17.6 Å². The van der Waals surface area contributed by atoms with Crippen LogP contribution in [0.15, 0.2) is 83.8 Å². The zero-order valence-corrected chi connectivity index (χ0v) is 17.2. The molecule has 0 fully saturated rings. The first kappa shape index (κ1) is 21.3. The van der Waals surface area contributed by atoms with Gasteiger partial charge in [0.25, 0.3) is 15.9 Å². The van der Waals surface area contributed by atoms with E-state index in [-0.39, 0.29) is 22.1 Å². The van der Waals surface area contributed by atoms with Gasteiger partial charge in [-0.1, -0.05) is 36.4 Å². The Morgan fingerprint density at radius 3 is 2.40 bits per heavy atom. The Kier molecular flexibility index (Phi) is 6.68. The van der Waals surface area contributed by atoms with Crippen LogP contribution < -0.4 is 14.9 Å². The zero-order valence-electron chi connectivity index (χ0n) is 16.4. The van der Waals surface area contributed by atoms with Gasteiger partial charge in [-0.15, -0.1) is 0 Å². The largest absolute Gasteiger partial charge is 0.373 e. The Morgan fingerprint density at radius 1 is 0.967 bits per heavy atom. The number of rotatable bonds is 8. The fourth-order valence-electron chi connectivity index (χ4n) is 2.80. The van der Waals surface area contributed by atoms with Crippen LogP contribution in [-0.2, 0) is 10.0 Å². The summed E-state index contributed by atoms with van der Waals surface area (Å²) in [5.41, 5.74) is 1.07. The van der Waals surface area contributed by atoms with Crippen molar-refractivity contribution in [2.45, 2.75) is 4.90 Å². The number of hydrogen-bond donors (Lipinski definition) is 2. The number of carbonyl (C=O) groups is 1. The number of carbonyl (C=O) groups excluding carboxylic acids is 1. The monoisotopic (exact) mass is 427 g/mol. The second-order valence-electron chi connectivity index (χ2n) is 6.63. The molecule has 6 nitrogen and oxygen atoms in total. The molecule has 0 aliphatic rings. The summed E-state index contributed by atoms with van der Waals surface area (Å²) in [6.07, 6.45) is 0. The Balaban J connectivity index is 1.64. The third-order valence-corrected chi connectivity index (χ3v) is 5.82. The third kappa shape index (κ3) is 5.36. The lowest BCUT2D eigenvalue weighted by molar-refractivity contribution is 0.0954. The fraction of sp³-hybridized carbons (Fsp3) is 0.136. The summed E-state index contributed by atoms with van der Waals surface area (Å²) in [5, 5.41) is 2.78. The van der Waals surface area contributed by atoms with Crippen LogP contribution in [-0.4, -0.2) is 34.5 Å². The lowest BCUT2D eigenvalue weighted by Crippen LogP contribution is -2.33. The van der Waals surface area contributed by atoms with Crippen LogP contribution in [0.1, 0.15) is 10.4 Å². The number of hydrogen-bond acceptors (Lipinski definition) is 4. The van der Waals surface area contributed by atoms with Crippen molar-refractivity contribution in [1.29, 1.82) is 0 Å². The van der Waals surface area contributed by atoms with E-state index in [9.17, 15) is 17.6 Å². The molecule has 0 heterocycles. The lowest BCUT2D eigenvalue weighted by atomic mass is 10.2. The van der Waals surface area contributed by atoms with E-state index in [1.54, 1.807) is 0 Å².